The molecule has 3 N–H and O–H groups in total. The summed E-state index contributed by atoms with van der Waals surface area (Å²) < 4.78 is 10.6. The second-order valence-electron chi connectivity index (χ2n) is 9.03. The van der Waals surface area contributed by atoms with E-state index in [4.69, 9.17) is 15.2 Å². The second-order valence-corrected chi connectivity index (χ2v) is 9.03. The predicted molar refractivity (Wildman–Crippen MR) is 102 cm³/mol. The van der Waals surface area contributed by atoms with Gasteiger partial charge in [-0.05, 0) is 46.5 Å². The Bertz CT molecular complexity index is 551. The van der Waals surface area contributed by atoms with E-state index in [1.807, 2.05) is 20.8 Å². The van der Waals surface area contributed by atoms with E-state index in [1.54, 1.807) is 25.7 Å². The van der Waals surface area contributed by atoms with Crippen LogP contribution in [0.5, 0.6) is 0 Å². The Morgan fingerprint density at radius 1 is 1.19 bits per heavy atom. The number of nitrogens with one attached hydrogen (secondary N) is 1. The largest absolute Gasteiger partial charge is 0.444 e. The Kier molecular flexibility index (Phi) is 7.51. The fraction of sp³-hybridized carbons (Fsp3) is 0.842. The number of alkyl carbamates (subject to hydrolysis) is 1. The predicted octanol–water partition coefficient (Wildman–Crippen LogP) is 2.79. The smallest absolute Gasteiger partial charge is 0.407 e. The molecule has 0 radical (unpaired) electrons. The number of hydrogen-bond donors (Lipinski definition) is 2. The Morgan fingerprint density at radius 3 is 2.33 bits per heavy atom. The van der Waals surface area contributed by atoms with Gasteiger partial charge in [-0.25, -0.2) is 9.59 Å². The van der Waals surface area contributed by atoms with Crippen LogP contribution in [-0.4, -0.2) is 53.8 Å². The number of nitrogens with zero attached hydrogens (tertiary/aromatic N) is 1. The quantitative estimate of drug-likeness (QED) is 0.707. The van der Waals surface area contributed by atoms with Crippen molar-refractivity contribution in [2.75, 3.05) is 19.6 Å². The highest BCUT2D eigenvalue weighted by Gasteiger charge is 2.54. The van der Waals surface area contributed by atoms with Crippen LogP contribution >= 0.6 is 0 Å². The molecule has 156 valence electrons. The van der Waals surface area contributed by atoms with E-state index in [1.165, 1.54) is 0 Å². The highest BCUT2D eigenvalue weighted by Crippen LogP contribution is 2.41. The molecule has 27 heavy (non-hydrogen) atoms. The number of ether oxygens (including phenoxy) is 2. The Hall–Kier alpha value is -1.99. The fourth-order valence-electron chi connectivity index (χ4n) is 3.24. The molecule has 8 nitrogen and oxygen atoms in total. The molecule has 0 bridgehead atoms. The maximum absolute atomic E-state index is 13.2. The molecule has 1 fully saturated rings. The zero-order chi connectivity index (χ0) is 20.9. The van der Waals surface area contributed by atoms with Gasteiger partial charge in [0.1, 0.15) is 5.60 Å². The summed E-state index contributed by atoms with van der Waals surface area (Å²) in [6.45, 7) is 12.5. The maximum Gasteiger partial charge on any atom is 0.407 e. The van der Waals surface area contributed by atoms with E-state index in [0.717, 1.165) is 12.8 Å². The lowest BCUT2D eigenvalue weighted by atomic mass is 9.73. The zero-order valence-electron chi connectivity index (χ0n) is 17.5. The third-order valence-electron chi connectivity index (χ3n) is 4.60. The van der Waals surface area contributed by atoms with E-state index >= 15 is 0 Å². The first-order valence-electron chi connectivity index (χ1n) is 9.53. The van der Waals surface area contributed by atoms with E-state index in [-0.39, 0.29) is 5.91 Å². The second kappa shape index (κ2) is 8.80. The number of amides is 3. The molecule has 0 aromatic carbocycles. The van der Waals surface area contributed by atoms with Crippen molar-refractivity contribution in [3.8, 4) is 0 Å². The molecule has 8 heteroatoms. The summed E-state index contributed by atoms with van der Waals surface area (Å²) in [5.74, 6) is -0.219. The zero-order valence-corrected chi connectivity index (χ0v) is 17.5. The first kappa shape index (κ1) is 23.0. The van der Waals surface area contributed by atoms with Crippen molar-refractivity contribution in [2.45, 2.75) is 78.4 Å². The monoisotopic (exact) mass is 385 g/mol. The normalized spacial score (nSPS) is 21.4. The van der Waals surface area contributed by atoms with E-state index in [0.29, 0.717) is 32.5 Å². The van der Waals surface area contributed by atoms with Crippen LogP contribution < -0.4 is 11.1 Å². The van der Waals surface area contributed by atoms with Crippen molar-refractivity contribution < 1.29 is 23.9 Å². The molecule has 0 aliphatic carbocycles. The van der Waals surface area contributed by atoms with Crippen LogP contribution in [0, 0.1) is 5.41 Å². The lowest BCUT2D eigenvalue weighted by Gasteiger charge is -2.43. The van der Waals surface area contributed by atoms with Gasteiger partial charge in [0.25, 0.3) is 5.91 Å². The Morgan fingerprint density at radius 2 is 1.81 bits per heavy atom. The summed E-state index contributed by atoms with van der Waals surface area (Å²) in [5.41, 5.74) is 2.87. The van der Waals surface area contributed by atoms with Gasteiger partial charge in [0.15, 0.2) is 5.60 Å². The number of rotatable bonds is 5. The van der Waals surface area contributed by atoms with Gasteiger partial charge in [0.05, 0.1) is 0 Å². The minimum absolute atomic E-state index is 0.219. The third kappa shape index (κ3) is 6.59. The molecule has 1 saturated heterocycles. The highest BCUT2D eigenvalue weighted by atomic mass is 16.6. The molecular formula is C19H35N3O5. The summed E-state index contributed by atoms with van der Waals surface area (Å²) >= 11 is 0. The average Bonchev–Trinajstić information content (AvgIpc) is 2.62. The molecule has 0 aromatic heterocycles. The van der Waals surface area contributed by atoms with Crippen LogP contribution in [0.15, 0.2) is 0 Å². The maximum atomic E-state index is 13.2. The van der Waals surface area contributed by atoms with E-state index in [2.05, 4.69) is 5.32 Å². The van der Waals surface area contributed by atoms with Crippen LogP contribution in [0.25, 0.3) is 0 Å². The van der Waals surface area contributed by atoms with Crippen LogP contribution in [-0.2, 0) is 14.3 Å². The molecule has 0 spiro atoms. The van der Waals surface area contributed by atoms with Gasteiger partial charge in [-0.1, -0.05) is 20.8 Å². The van der Waals surface area contributed by atoms with Gasteiger partial charge in [-0.3, -0.25) is 4.79 Å². The Balaban J connectivity index is 2.73. The summed E-state index contributed by atoms with van der Waals surface area (Å²) in [6, 6.07) is 0. The molecule has 1 rings (SSSR count). The van der Waals surface area contributed by atoms with Gasteiger partial charge in [0, 0.05) is 25.0 Å². The van der Waals surface area contributed by atoms with Crippen LogP contribution in [0.3, 0.4) is 0 Å². The summed E-state index contributed by atoms with van der Waals surface area (Å²) in [5, 5.41) is 2.69. The highest BCUT2D eigenvalue weighted by molar-refractivity contribution is 5.88. The van der Waals surface area contributed by atoms with E-state index in [9.17, 15) is 14.4 Å². The van der Waals surface area contributed by atoms with Crippen molar-refractivity contribution in [1.29, 1.82) is 0 Å². The lowest BCUT2D eigenvalue weighted by Crippen LogP contribution is -2.58. The minimum atomic E-state index is -1.27. The van der Waals surface area contributed by atoms with Gasteiger partial charge >= 0.3 is 12.2 Å². The number of primary amides is 1. The molecule has 0 aromatic rings. The number of hydrogen-bond acceptors (Lipinski definition) is 5. The molecule has 1 aliphatic rings. The molecule has 1 aliphatic heterocycles. The SMILES string of the molecule is CC(C)(C)OC(=O)NCCCN1CCCC[C@](OC(N)=O)(C(C)(C)C)C1=O. The van der Waals surface area contributed by atoms with Crippen LogP contribution in [0.4, 0.5) is 9.59 Å². The first-order chi connectivity index (χ1) is 12.3. The molecule has 1 atom stereocenters. The first-order valence-corrected chi connectivity index (χ1v) is 9.53. The van der Waals surface area contributed by atoms with Crippen molar-refractivity contribution in [1.82, 2.24) is 10.2 Å². The third-order valence-corrected chi connectivity index (χ3v) is 4.60. The molecular weight excluding hydrogens is 350 g/mol. The Labute approximate surface area is 162 Å². The summed E-state index contributed by atoms with van der Waals surface area (Å²) in [4.78, 5) is 38.2. The van der Waals surface area contributed by atoms with Gasteiger partial charge in [-0.2, -0.15) is 0 Å². The standard InChI is InChI=1S/C19H35N3O5/c1-17(2,3)19(26-15(20)24)10-7-8-12-22(14(19)23)13-9-11-21-16(25)27-18(4,5)6/h7-13H2,1-6H3,(H2,20,24)(H,21,25)/t19-/m1/s1. The number of nitrogens with two attached hydrogens (primary N) is 1. The van der Waals surface area contributed by atoms with Gasteiger partial charge in [0.2, 0.25) is 0 Å². The number of carbonyl (C=O) groups is 3. The number of carbonyl (C=O) groups excluding carboxylic acids is 3. The average molecular weight is 386 g/mol. The topological polar surface area (TPSA) is 111 Å². The molecule has 0 saturated carbocycles. The fourth-order valence-corrected chi connectivity index (χ4v) is 3.24. The van der Waals surface area contributed by atoms with Crippen molar-refractivity contribution >= 4 is 18.1 Å². The summed E-state index contributed by atoms with van der Waals surface area (Å²) in [6.07, 6.45) is 1.19. The van der Waals surface area contributed by atoms with Crippen LogP contribution in [0.1, 0.15) is 67.2 Å². The molecule has 3 amide bonds. The molecule has 0 unspecified atom stereocenters. The molecule has 1 heterocycles. The van der Waals surface area contributed by atoms with Gasteiger partial charge in [-0.15, -0.1) is 0 Å². The summed E-state index contributed by atoms with van der Waals surface area (Å²) in [7, 11) is 0. The van der Waals surface area contributed by atoms with Crippen LogP contribution in [0.2, 0.25) is 0 Å². The van der Waals surface area contributed by atoms with E-state index < -0.39 is 28.8 Å². The minimum Gasteiger partial charge on any atom is -0.444 e. The number of likely N-dealkylation sites (tertiary alicyclic amines) is 1. The van der Waals surface area contributed by atoms with Crippen molar-refractivity contribution in [3.63, 3.8) is 0 Å². The lowest BCUT2D eigenvalue weighted by molar-refractivity contribution is -0.163. The van der Waals surface area contributed by atoms with Gasteiger partial charge < -0.3 is 25.4 Å². The van der Waals surface area contributed by atoms with Crippen molar-refractivity contribution in [2.24, 2.45) is 11.1 Å². The van der Waals surface area contributed by atoms with Crippen molar-refractivity contribution in [3.05, 3.63) is 0 Å².